The molecule has 0 spiro atoms. The fourth-order valence-electron chi connectivity index (χ4n) is 3.11. The molecule has 0 fully saturated rings. The highest BCUT2D eigenvalue weighted by molar-refractivity contribution is 7.20. The van der Waals surface area contributed by atoms with Gasteiger partial charge in [-0.15, -0.1) is 11.3 Å². The monoisotopic (exact) mass is 467 g/mol. The number of rotatable bonds is 7. The molecular formula is C24H21NO7S. The molecule has 1 aromatic heterocycles. The van der Waals surface area contributed by atoms with E-state index in [1.54, 1.807) is 19.1 Å². The summed E-state index contributed by atoms with van der Waals surface area (Å²) in [4.78, 5) is 38.5. The molecule has 33 heavy (non-hydrogen) atoms. The van der Waals surface area contributed by atoms with Crippen molar-refractivity contribution < 1.29 is 33.3 Å². The number of hydrogen-bond donors (Lipinski definition) is 1. The Morgan fingerprint density at radius 2 is 1.79 bits per heavy atom. The van der Waals surface area contributed by atoms with Crippen LogP contribution in [0.15, 0.2) is 54.6 Å². The SMILES string of the molecule is CCOC(=O)c1cc(-c2ccccc2)sc1NC(=O)C(C)OC(=O)c1ccc2c(c1)OCO2. The molecule has 8 nitrogen and oxygen atoms in total. The minimum atomic E-state index is -1.11. The Morgan fingerprint density at radius 1 is 1.03 bits per heavy atom. The predicted octanol–water partition coefficient (Wildman–Crippen LogP) is 4.50. The zero-order valence-corrected chi connectivity index (χ0v) is 18.8. The maximum Gasteiger partial charge on any atom is 0.341 e. The van der Waals surface area contributed by atoms with Gasteiger partial charge in [-0.05, 0) is 43.7 Å². The molecule has 0 bridgehead atoms. The third-order valence-corrected chi connectivity index (χ3v) is 5.88. The number of carbonyl (C=O) groups is 3. The number of ether oxygens (including phenoxy) is 4. The first-order valence-electron chi connectivity index (χ1n) is 10.2. The Bertz CT molecular complexity index is 1190. The Morgan fingerprint density at radius 3 is 2.55 bits per heavy atom. The van der Waals surface area contributed by atoms with Crippen LogP contribution in [0, 0.1) is 0 Å². The summed E-state index contributed by atoms with van der Waals surface area (Å²) in [7, 11) is 0. The molecule has 0 saturated heterocycles. The second-order valence-corrected chi connectivity index (χ2v) is 8.10. The first kappa shape index (κ1) is 22.3. The van der Waals surface area contributed by atoms with Crippen LogP contribution in [-0.2, 0) is 14.3 Å². The van der Waals surface area contributed by atoms with Crippen molar-refractivity contribution in [2.45, 2.75) is 20.0 Å². The molecule has 1 amide bonds. The van der Waals surface area contributed by atoms with Crippen molar-refractivity contribution >= 4 is 34.2 Å². The van der Waals surface area contributed by atoms with Crippen molar-refractivity contribution in [3.63, 3.8) is 0 Å². The highest BCUT2D eigenvalue weighted by Gasteiger charge is 2.25. The lowest BCUT2D eigenvalue weighted by Crippen LogP contribution is -2.30. The Balaban J connectivity index is 1.49. The van der Waals surface area contributed by atoms with Crippen molar-refractivity contribution in [3.8, 4) is 21.9 Å². The summed E-state index contributed by atoms with van der Waals surface area (Å²) in [5, 5.41) is 3.02. The number of benzene rings is 2. The van der Waals surface area contributed by atoms with Crippen molar-refractivity contribution in [3.05, 3.63) is 65.7 Å². The van der Waals surface area contributed by atoms with E-state index in [1.807, 2.05) is 30.3 Å². The zero-order chi connectivity index (χ0) is 23.4. The molecule has 0 radical (unpaired) electrons. The smallest absolute Gasteiger partial charge is 0.341 e. The van der Waals surface area contributed by atoms with Gasteiger partial charge in [-0.25, -0.2) is 9.59 Å². The minimum absolute atomic E-state index is 0.0845. The normalized spacial score (nSPS) is 12.7. The van der Waals surface area contributed by atoms with E-state index < -0.39 is 23.9 Å². The second kappa shape index (κ2) is 9.74. The summed E-state index contributed by atoms with van der Waals surface area (Å²) in [6.07, 6.45) is -1.11. The maximum atomic E-state index is 12.8. The van der Waals surface area contributed by atoms with E-state index in [4.69, 9.17) is 18.9 Å². The summed E-state index contributed by atoms with van der Waals surface area (Å²) < 4.78 is 20.9. The van der Waals surface area contributed by atoms with Crippen LogP contribution in [0.1, 0.15) is 34.6 Å². The van der Waals surface area contributed by atoms with Gasteiger partial charge in [-0.1, -0.05) is 30.3 Å². The minimum Gasteiger partial charge on any atom is -0.462 e. The van der Waals surface area contributed by atoms with E-state index in [2.05, 4.69) is 5.32 Å². The standard InChI is InChI=1S/C24H21NO7S/c1-3-29-24(28)17-12-20(15-7-5-4-6-8-15)33-22(17)25-21(26)14(2)32-23(27)16-9-10-18-19(11-16)31-13-30-18/h4-12,14H,3,13H2,1-2H3,(H,25,26). The third-order valence-electron chi connectivity index (χ3n) is 4.78. The van der Waals surface area contributed by atoms with E-state index in [0.717, 1.165) is 10.4 Å². The van der Waals surface area contributed by atoms with Crippen molar-refractivity contribution in [2.24, 2.45) is 0 Å². The average Bonchev–Trinajstić information content (AvgIpc) is 3.46. The lowest BCUT2D eigenvalue weighted by molar-refractivity contribution is -0.123. The molecule has 1 N–H and O–H groups in total. The quantitative estimate of drug-likeness (QED) is 0.511. The number of nitrogens with one attached hydrogen (secondary N) is 1. The van der Waals surface area contributed by atoms with Crippen LogP contribution >= 0.6 is 11.3 Å². The molecule has 1 unspecified atom stereocenters. The number of anilines is 1. The molecule has 1 aliphatic rings. The third kappa shape index (κ3) is 4.98. The first-order valence-corrected chi connectivity index (χ1v) is 11.1. The molecule has 2 aromatic carbocycles. The number of fused-ring (bicyclic) bond motifs is 1. The van der Waals surface area contributed by atoms with Gasteiger partial charge in [0.15, 0.2) is 17.6 Å². The van der Waals surface area contributed by atoms with Gasteiger partial charge in [0.25, 0.3) is 5.91 Å². The van der Waals surface area contributed by atoms with Crippen molar-refractivity contribution in [1.82, 2.24) is 0 Å². The van der Waals surface area contributed by atoms with Crippen LogP contribution in [0.25, 0.3) is 10.4 Å². The highest BCUT2D eigenvalue weighted by atomic mass is 32.1. The van der Waals surface area contributed by atoms with Gasteiger partial charge in [0.1, 0.15) is 5.00 Å². The molecule has 3 aromatic rings. The summed E-state index contributed by atoms with van der Waals surface area (Å²) in [5.74, 6) is -0.825. The summed E-state index contributed by atoms with van der Waals surface area (Å²) in [5.41, 5.74) is 1.37. The van der Waals surface area contributed by atoms with E-state index >= 15 is 0 Å². The van der Waals surface area contributed by atoms with Crippen LogP contribution in [0.4, 0.5) is 5.00 Å². The van der Waals surface area contributed by atoms with Crippen molar-refractivity contribution in [2.75, 3.05) is 18.7 Å². The zero-order valence-electron chi connectivity index (χ0n) is 18.0. The van der Waals surface area contributed by atoms with Gasteiger partial charge in [-0.3, -0.25) is 4.79 Å². The van der Waals surface area contributed by atoms with E-state index in [0.29, 0.717) is 16.5 Å². The van der Waals surface area contributed by atoms with Crippen LogP contribution in [-0.4, -0.2) is 37.3 Å². The lowest BCUT2D eigenvalue weighted by atomic mass is 10.1. The second-order valence-electron chi connectivity index (χ2n) is 7.04. The van der Waals surface area contributed by atoms with Gasteiger partial charge < -0.3 is 24.3 Å². The van der Waals surface area contributed by atoms with Crippen LogP contribution < -0.4 is 14.8 Å². The van der Waals surface area contributed by atoms with Crippen LogP contribution in [0.5, 0.6) is 11.5 Å². The fourth-order valence-corrected chi connectivity index (χ4v) is 4.16. The topological polar surface area (TPSA) is 100 Å². The van der Waals surface area contributed by atoms with Crippen LogP contribution in [0.2, 0.25) is 0 Å². The maximum absolute atomic E-state index is 12.8. The fraction of sp³-hybridized carbons (Fsp3) is 0.208. The molecule has 0 aliphatic carbocycles. The van der Waals surface area contributed by atoms with Gasteiger partial charge in [0.2, 0.25) is 6.79 Å². The summed E-state index contributed by atoms with van der Waals surface area (Å²) >= 11 is 1.24. The molecular weight excluding hydrogens is 446 g/mol. The highest BCUT2D eigenvalue weighted by Crippen LogP contribution is 2.36. The number of thiophene rings is 1. The van der Waals surface area contributed by atoms with Gasteiger partial charge in [0.05, 0.1) is 17.7 Å². The molecule has 170 valence electrons. The number of hydrogen-bond acceptors (Lipinski definition) is 8. The van der Waals surface area contributed by atoms with Crippen LogP contribution in [0.3, 0.4) is 0 Å². The molecule has 4 rings (SSSR count). The molecule has 2 heterocycles. The number of esters is 2. The summed E-state index contributed by atoms with van der Waals surface area (Å²) in [6.45, 7) is 3.45. The lowest BCUT2D eigenvalue weighted by Gasteiger charge is -2.13. The Hall–Kier alpha value is -3.85. The molecule has 0 saturated carbocycles. The predicted molar refractivity (Wildman–Crippen MR) is 122 cm³/mol. The molecule has 9 heteroatoms. The van der Waals surface area contributed by atoms with Crippen molar-refractivity contribution in [1.29, 1.82) is 0 Å². The largest absolute Gasteiger partial charge is 0.462 e. The van der Waals surface area contributed by atoms with E-state index in [9.17, 15) is 14.4 Å². The summed E-state index contributed by atoms with van der Waals surface area (Å²) in [6, 6.07) is 15.8. The average molecular weight is 467 g/mol. The van der Waals surface area contributed by atoms with Gasteiger partial charge in [0, 0.05) is 4.88 Å². The number of carbonyl (C=O) groups excluding carboxylic acids is 3. The number of amides is 1. The molecule has 1 atom stereocenters. The Labute approximate surface area is 194 Å². The van der Waals surface area contributed by atoms with Gasteiger partial charge >= 0.3 is 11.9 Å². The van der Waals surface area contributed by atoms with E-state index in [-0.39, 0.29) is 24.5 Å². The van der Waals surface area contributed by atoms with E-state index in [1.165, 1.54) is 30.4 Å². The first-order chi connectivity index (χ1) is 16.0. The molecule has 1 aliphatic heterocycles. The van der Waals surface area contributed by atoms with Gasteiger partial charge in [-0.2, -0.15) is 0 Å². The Kier molecular flexibility index (Phi) is 6.60.